The van der Waals surface area contributed by atoms with E-state index < -0.39 is 10.0 Å². The van der Waals surface area contributed by atoms with Crippen molar-refractivity contribution in [1.29, 1.82) is 0 Å². The number of halogens is 1. The van der Waals surface area contributed by atoms with E-state index in [4.69, 9.17) is 0 Å². The van der Waals surface area contributed by atoms with Gasteiger partial charge >= 0.3 is 0 Å². The lowest BCUT2D eigenvalue weighted by Gasteiger charge is -2.18. The van der Waals surface area contributed by atoms with E-state index in [2.05, 4.69) is 18.8 Å². The molecule has 0 saturated heterocycles. The molecule has 0 spiro atoms. The van der Waals surface area contributed by atoms with E-state index in [1.165, 1.54) is 11.1 Å². The van der Waals surface area contributed by atoms with Crippen LogP contribution in [0.25, 0.3) is 11.0 Å². The number of hydrogen-bond acceptors (Lipinski definition) is 6. The lowest BCUT2D eigenvalue weighted by atomic mass is 10.0. The Bertz CT molecular complexity index is 988. The van der Waals surface area contributed by atoms with Gasteiger partial charge in [0.15, 0.2) is 0 Å². The Labute approximate surface area is 150 Å². The van der Waals surface area contributed by atoms with Crippen molar-refractivity contribution in [3.8, 4) is 0 Å². The third-order valence-electron chi connectivity index (χ3n) is 3.88. The number of benzene rings is 2. The van der Waals surface area contributed by atoms with Crippen LogP contribution < -0.4 is 10.0 Å². The molecule has 2 aromatic carbocycles. The molecule has 1 aromatic heterocycles. The minimum Gasteiger partial charge on any atom is -0.312 e. The summed E-state index contributed by atoms with van der Waals surface area (Å²) in [4.78, 5) is 0.156. The van der Waals surface area contributed by atoms with Crippen LogP contribution in [0.3, 0.4) is 0 Å². The Morgan fingerprint density at radius 2 is 2.00 bits per heavy atom. The first-order valence-corrected chi connectivity index (χ1v) is 9.41. The quantitative estimate of drug-likeness (QED) is 0.727. The van der Waals surface area contributed by atoms with Gasteiger partial charge in [-0.1, -0.05) is 12.1 Å². The van der Waals surface area contributed by atoms with Gasteiger partial charge in [0.1, 0.15) is 15.9 Å². The highest BCUT2D eigenvalue weighted by Crippen LogP contribution is 2.25. The van der Waals surface area contributed by atoms with Crippen molar-refractivity contribution in [3.63, 3.8) is 0 Å². The fourth-order valence-electron chi connectivity index (χ4n) is 2.75. The van der Waals surface area contributed by atoms with Crippen LogP contribution in [-0.2, 0) is 23.0 Å². The zero-order valence-electron chi connectivity index (χ0n) is 12.5. The van der Waals surface area contributed by atoms with Gasteiger partial charge in [-0.3, -0.25) is 4.72 Å². The number of hydrogen-bond donors (Lipinski definition) is 2. The van der Waals surface area contributed by atoms with Gasteiger partial charge in [0.2, 0.25) is 0 Å². The molecule has 126 valence electrons. The van der Waals surface area contributed by atoms with E-state index in [1.54, 1.807) is 24.3 Å². The summed E-state index contributed by atoms with van der Waals surface area (Å²) in [7, 11) is -3.70. The molecule has 0 saturated carbocycles. The van der Waals surface area contributed by atoms with Crippen LogP contribution >= 0.6 is 24.1 Å². The molecular formula is C15H15ClN4O2S2. The molecule has 3 aromatic rings. The average molecular weight is 383 g/mol. The van der Waals surface area contributed by atoms with Gasteiger partial charge in [0.25, 0.3) is 10.0 Å². The molecule has 1 aliphatic rings. The predicted molar refractivity (Wildman–Crippen MR) is 97.3 cm³/mol. The van der Waals surface area contributed by atoms with Crippen LogP contribution in [0.1, 0.15) is 11.1 Å². The van der Waals surface area contributed by atoms with E-state index >= 15 is 0 Å². The normalized spacial score (nSPS) is 14.0. The maximum Gasteiger partial charge on any atom is 0.264 e. The number of aromatic nitrogens is 2. The van der Waals surface area contributed by atoms with Gasteiger partial charge in [-0.05, 0) is 48.4 Å². The second-order valence-corrected chi connectivity index (χ2v) is 7.58. The molecule has 2 N–H and O–H groups in total. The molecule has 0 radical (unpaired) electrons. The molecule has 1 aliphatic heterocycles. The van der Waals surface area contributed by atoms with E-state index in [0.29, 0.717) is 16.7 Å². The van der Waals surface area contributed by atoms with Crippen LogP contribution in [0, 0.1) is 0 Å². The highest BCUT2D eigenvalue weighted by atomic mass is 35.5. The number of nitrogens with one attached hydrogen (secondary N) is 2. The predicted octanol–water partition coefficient (Wildman–Crippen LogP) is 2.56. The van der Waals surface area contributed by atoms with Crippen LogP contribution in [0.5, 0.6) is 0 Å². The SMILES string of the molecule is Cl.O=S(=O)(Nc1ccc2c(c1)CCNC2)c1cccc2nsnc12. The summed E-state index contributed by atoms with van der Waals surface area (Å²) in [6.45, 7) is 1.74. The van der Waals surface area contributed by atoms with E-state index in [9.17, 15) is 8.42 Å². The Morgan fingerprint density at radius 3 is 2.88 bits per heavy atom. The maximum atomic E-state index is 12.7. The topological polar surface area (TPSA) is 84.0 Å². The Hall–Kier alpha value is -1.74. The molecule has 0 amide bonds. The largest absolute Gasteiger partial charge is 0.312 e. The standard InChI is InChI=1S/C15H14N4O2S2.ClH/c20-23(21,14-3-1-2-13-15(14)18-22-17-13)19-12-5-4-11-9-16-7-6-10(11)8-12;/h1-5,8,16,19H,6-7,9H2;1H. The number of rotatable bonds is 3. The minimum atomic E-state index is -3.70. The summed E-state index contributed by atoms with van der Waals surface area (Å²) in [6.07, 6.45) is 0.899. The highest BCUT2D eigenvalue weighted by Gasteiger charge is 2.20. The zero-order chi connectivity index (χ0) is 15.9. The van der Waals surface area contributed by atoms with Gasteiger partial charge in [-0.25, -0.2) is 8.42 Å². The molecule has 9 heteroatoms. The van der Waals surface area contributed by atoms with Crippen molar-refractivity contribution in [3.05, 3.63) is 47.5 Å². The number of anilines is 1. The number of nitrogens with zero attached hydrogens (tertiary/aromatic N) is 2. The summed E-state index contributed by atoms with van der Waals surface area (Å²) in [5.41, 5.74) is 3.97. The van der Waals surface area contributed by atoms with E-state index in [0.717, 1.165) is 31.2 Å². The van der Waals surface area contributed by atoms with Crippen LogP contribution in [0.4, 0.5) is 5.69 Å². The molecule has 0 bridgehead atoms. The van der Waals surface area contributed by atoms with Crippen molar-refractivity contribution in [1.82, 2.24) is 14.1 Å². The van der Waals surface area contributed by atoms with Gasteiger partial charge in [0.05, 0.1) is 11.7 Å². The summed E-state index contributed by atoms with van der Waals surface area (Å²) in [6, 6.07) is 10.6. The summed E-state index contributed by atoms with van der Waals surface area (Å²) < 4.78 is 36.2. The fraction of sp³-hybridized carbons (Fsp3) is 0.200. The molecule has 6 nitrogen and oxygen atoms in total. The summed E-state index contributed by atoms with van der Waals surface area (Å²) in [5.74, 6) is 0. The first-order valence-electron chi connectivity index (χ1n) is 7.20. The molecule has 0 unspecified atom stereocenters. The minimum absolute atomic E-state index is 0. The lowest BCUT2D eigenvalue weighted by molar-refractivity contribution is 0.602. The number of sulfonamides is 1. The first kappa shape index (κ1) is 17.1. The molecule has 4 rings (SSSR count). The number of fused-ring (bicyclic) bond motifs is 2. The molecule has 0 atom stereocenters. The second-order valence-electron chi connectivity index (χ2n) is 5.40. The molecule has 0 fully saturated rings. The Balaban J connectivity index is 0.00000169. The van der Waals surface area contributed by atoms with Crippen molar-refractivity contribution in [2.24, 2.45) is 0 Å². The maximum absolute atomic E-state index is 12.7. The van der Waals surface area contributed by atoms with Crippen molar-refractivity contribution in [2.45, 2.75) is 17.9 Å². The summed E-state index contributed by atoms with van der Waals surface area (Å²) in [5, 5.41) is 3.30. The third-order valence-corrected chi connectivity index (χ3v) is 5.84. The van der Waals surface area contributed by atoms with Crippen LogP contribution in [0.2, 0.25) is 0 Å². The fourth-order valence-corrected chi connectivity index (χ4v) is 4.57. The van der Waals surface area contributed by atoms with Gasteiger partial charge in [0, 0.05) is 12.2 Å². The smallest absolute Gasteiger partial charge is 0.264 e. The monoisotopic (exact) mass is 382 g/mol. The van der Waals surface area contributed by atoms with Gasteiger partial charge < -0.3 is 5.32 Å². The van der Waals surface area contributed by atoms with Crippen LogP contribution in [-0.4, -0.2) is 23.7 Å². The second kappa shape index (κ2) is 6.64. The highest BCUT2D eigenvalue weighted by molar-refractivity contribution is 7.93. The van der Waals surface area contributed by atoms with Gasteiger partial charge in [-0.2, -0.15) is 8.75 Å². The van der Waals surface area contributed by atoms with Crippen LogP contribution in [0.15, 0.2) is 41.3 Å². The Kier molecular flexibility index (Phi) is 4.73. The van der Waals surface area contributed by atoms with E-state index in [1.807, 2.05) is 12.1 Å². The summed E-state index contributed by atoms with van der Waals surface area (Å²) >= 11 is 1.01. The average Bonchev–Trinajstić information content (AvgIpc) is 3.02. The molecule has 2 heterocycles. The lowest BCUT2D eigenvalue weighted by Crippen LogP contribution is -2.23. The third kappa shape index (κ3) is 3.10. The van der Waals surface area contributed by atoms with Gasteiger partial charge in [-0.15, -0.1) is 12.4 Å². The van der Waals surface area contributed by atoms with Crippen molar-refractivity contribution in [2.75, 3.05) is 11.3 Å². The zero-order valence-corrected chi connectivity index (χ0v) is 15.0. The van der Waals surface area contributed by atoms with Crippen molar-refractivity contribution < 1.29 is 8.42 Å². The Morgan fingerprint density at radius 1 is 1.12 bits per heavy atom. The first-order chi connectivity index (χ1) is 11.1. The molecule has 0 aliphatic carbocycles. The van der Waals surface area contributed by atoms with E-state index in [-0.39, 0.29) is 17.3 Å². The molecular weight excluding hydrogens is 368 g/mol. The molecule has 24 heavy (non-hydrogen) atoms. The van der Waals surface area contributed by atoms with Crippen molar-refractivity contribution >= 4 is 50.9 Å².